The van der Waals surface area contributed by atoms with Gasteiger partial charge in [-0.25, -0.2) is 0 Å². The van der Waals surface area contributed by atoms with Crippen LogP contribution in [0.1, 0.15) is 25.5 Å². The maximum Gasteiger partial charge on any atom is 0.237 e. The lowest BCUT2D eigenvalue weighted by atomic mass is 10.0. The Kier molecular flexibility index (Phi) is 2.41. The molecule has 0 spiro atoms. The van der Waals surface area contributed by atoms with Crippen LogP contribution in [-0.2, 0) is 11.3 Å². The Morgan fingerprint density at radius 2 is 2.45 bits per heavy atom. The minimum absolute atomic E-state index is 0.0233. The van der Waals surface area contributed by atoms with E-state index in [1.165, 1.54) is 6.42 Å². The second-order valence-corrected chi connectivity index (χ2v) is 6.31. The van der Waals surface area contributed by atoms with Crippen molar-refractivity contribution in [3.63, 3.8) is 0 Å². The molecule has 2 fully saturated rings. The monoisotopic (exact) mass is 270 g/mol. The topological polar surface area (TPSA) is 69.8 Å². The molecular weight excluding hydrogens is 252 g/mol. The Morgan fingerprint density at radius 3 is 3.20 bits per heavy atom. The number of fused-ring (bicyclic) bond motifs is 2. The van der Waals surface area contributed by atoms with Gasteiger partial charge in [0.05, 0.1) is 12.6 Å². The fourth-order valence-electron chi connectivity index (χ4n) is 3.26. The fraction of sp³-hybridized carbons (Fsp3) is 0.467. The van der Waals surface area contributed by atoms with Gasteiger partial charge in [0.15, 0.2) is 0 Å². The zero-order valence-corrected chi connectivity index (χ0v) is 11.4. The van der Waals surface area contributed by atoms with Gasteiger partial charge in [-0.15, -0.1) is 0 Å². The van der Waals surface area contributed by atoms with Gasteiger partial charge in [0.1, 0.15) is 0 Å². The summed E-state index contributed by atoms with van der Waals surface area (Å²) in [6.07, 6.45) is 5.76. The van der Waals surface area contributed by atoms with Gasteiger partial charge in [-0.05, 0) is 30.4 Å². The third-order valence-electron chi connectivity index (χ3n) is 4.67. The van der Waals surface area contributed by atoms with Crippen molar-refractivity contribution in [1.82, 2.24) is 20.6 Å². The highest BCUT2D eigenvalue weighted by atomic mass is 16.2. The molecule has 2 aromatic heterocycles. The summed E-state index contributed by atoms with van der Waals surface area (Å²) in [5.41, 5.74) is 2.43. The van der Waals surface area contributed by atoms with Gasteiger partial charge in [0.25, 0.3) is 0 Å². The SMILES string of the molecule is C[C@]12C[C@@H](C(=O)NCc3cc4cnccc4[nH]3)N[C@H]1C2. The van der Waals surface area contributed by atoms with E-state index in [0.29, 0.717) is 18.0 Å². The number of aromatic amines is 1. The molecule has 0 unspecified atom stereocenters. The van der Waals surface area contributed by atoms with E-state index in [-0.39, 0.29) is 11.9 Å². The average Bonchev–Trinajstić information content (AvgIpc) is 2.81. The fourth-order valence-corrected chi connectivity index (χ4v) is 3.26. The van der Waals surface area contributed by atoms with Crippen molar-refractivity contribution in [2.75, 3.05) is 0 Å². The highest BCUT2D eigenvalue weighted by Gasteiger charge is 2.57. The van der Waals surface area contributed by atoms with Crippen LogP contribution in [0.3, 0.4) is 0 Å². The molecule has 1 saturated heterocycles. The number of hydrogen-bond acceptors (Lipinski definition) is 3. The van der Waals surface area contributed by atoms with Gasteiger partial charge >= 0.3 is 0 Å². The lowest BCUT2D eigenvalue weighted by Gasteiger charge is -2.13. The first-order valence-corrected chi connectivity index (χ1v) is 7.09. The third-order valence-corrected chi connectivity index (χ3v) is 4.67. The van der Waals surface area contributed by atoms with Crippen LogP contribution in [0, 0.1) is 5.41 Å². The van der Waals surface area contributed by atoms with E-state index in [4.69, 9.17) is 0 Å². The van der Waals surface area contributed by atoms with Crippen LogP contribution in [0.15, 0.2) is 24.5 Å². The molecule has 0 aromatic carbocycles. The summed E-state index contributed by atoms with van der Waals surface area (Å²) in [5.74, 6) is 0.107. The van der Waals surface area contributed by atoms with E-state index in [9.17, 15) is 4.79 Å². The molecule has 0 bridgehead atoms. The molecule has 1 saturated carbocycles. The summed E-state index contributed by atoms with van der Waals surface area (Å²) < 4.78 is 0. The quantitative estimate of drug-likeness (QED) is 0.788. The summed E-state index contributed by atoms with van der Waals surface area (Å²) in [6.45, 7) is 2.79. The Hall–Kier alpha value is -1.88. The minimum Gasteiger partial charge on any atom is -0.357 e. The lowest BCUT2D eigenvalue weighted by Crippen LogP contribution is -2.42. The molecule has 5 heteroatoms. The molecule has 4 rings (SSSR count). The first-order valence-electron chi connectivity index (χ1n) is 7.09. The summed E-state index contributed by atoms with van der Waals surface area (Å²) in [7, 11) is 0. The highest BCUT2D eigenvalue weighted by molar-refractivity contribution is 5.83. The summed E-state index contributed by atoms with van der Waals surface area (Å²) >= 11 is 0. The van der Waals surface area contributed by atoms with E-state index in [0.717, 1.165) is 23.0 Å². The number of H-pyrrole nitrogens is 1. The van der Waals surface area contributed by atoms with Crippen LogP contribution in [-0.4, -0.2) is 28.0 Å². The van der Waals surface area contributed by atoms with Crippen LogP contribution >= 0.6 is 0 Å². The molecule has 20 heavy (non-hydrogen) atoms. The predicted octanol–water partition coefficient (Wildman–Crippen LogP) is 1.32. The first kappa shape index (κ1) is 11.9. The van der Waals surface area contributed by atoms with Gasteiger partial charge in [-0.3, -0.25) is 9.78 Å². The van der Waals surface area contributed by atoms with Crippen LogP contribution < -0.4 is 10.6 Å². The van der Waals surface area contributed by atoms with Crippen molar-refractivity contribution in [3.8, 4) is 0 Å². The number of amides is 1. The van der Waals surface area contributed by atoms with Crippen molar-refractivity contribution in [2.24, 2.45) is 5.41 Å². The van der Waals surface area contributed by atoms with E-state index in [1.54, 1.807) is 6.20 Å². The van der Waals surface area contributed by atoms with E-state index >= 15 is 0 Å². The lowest BCUT2D eigenvalue weighted by molar-refractivity contribution is -0.123. The molecule has 0 radical (unpaired) electrons. The third kappa shape index (κ3) is 1.89. The molecule has 3 N–H and O–H groups in total. The molecule has 1 aliphatic heterocycles. The van der Waals surface area contributed by atoms with Crippen LogP contribution in [0.2, 0.25) is 0 Å². The predicted molar refractivity (Wildman–Crippen MR) is 76.0 cm³/mol. The first-order chi connectivity index (χ1) is 9.64. The molecule has 3 heterocycles. The van der Waals surface area contributed by atoms with Gasteiger partial charge < -0.3 is 15.6 Å². The highest BCUT2D eigenvalue weighted by Crippen LogP contribution is 2.53. The second-order valence-electron chi connectivity index (χ2n) is 6.31. The molecule has 2 aliphatic rings. The number of rotatable bonds is 3. The van der Waals surface area contributed by atoms with Crippen molar-refractivity contribution >= 4 is 16.8 Å². The summed E-state index contributed by atoms with van der Waals surface area (Å²) in [4.78, 5) is 19.5. The van der Waals surface area contributed by atoms with Crippen LogP contribution in [0.25, 0.3) is 10.9 Å². The number of carbonyl (C=O) groups is 1. The number of piperidine rings is 1. The molecule has 1 amide bonds. The Labute approximate surface area is 117 Å². The molecule has 104 valence electrons. The number of nitrogens with zero attached hydrogens (tertiary/aromatic N) is 1. The Bertz CT molecular complexity index is 646. The van der Waals surface area contributed by atoms with Crippen LogP contribution in [0.5, 0.6) is 0 Å². The number of nitrogens with one attached hydrogen (secondary N) is 3. The normalized spacial score (nSPS) is 31.2. The largest absolute Gasteiger partial charge is 0.357 e. The smallest absolute Gasteiger partial charge is 0.237 e. The molecular formula is C15H18N4O. The average molecular weight is 270 g/mol. The van der Waals surface area contributed by atoms with Gasteiger partial charge in [-0.2, -0.15) is 0 Å². The van der Waals surface area contributed by atoms with Gasteiger partial charge in [-0.1, -0.05) is 6.92 Å². The Morgan fingerprint density at radius 1 is 1.55 bits per heavy atom. The van der Waals surface area contributed by atoms with E-state index < -0.39 is 0 Å². The molecule has 2 aromatic rings. The zero-order valence-electron chi connectivity index (χ0n) is 11.4. The van der Waals surface area contributed by atoms with Crippen molar-refractivity contribution < 1.29 is 4.79 Å². The van der Waals surface area contributed by atoms with Gasteiger partial charge in [0.2, 0.25) is 5.91 Å². The maximum atomic E-state index is 12.1. The standard InChI is InChI=1S/C15H18N4O/c1-15-5-12(19-13(15)6-15)14(20)17-8-10-4-9-7-16-3-2-11(9)18-10/h2-4,7,12-13,18-19H,5-6,8H2,1H3,(H,17,20)/t12-,13-,15+/m0/s1. The number of hydrogen-bond donors (Lipinski definition) is 3. The zero-order chi connectivity index (χ0) is 13.7. The molecule has 5 nitrogen and oxygen atoms in total. The van der Waals surface area contributed by atoms with E-state index in [1.807, 2.05) is 18.3 Å². The Balaban J connectivity index is 1.39. The second kappa shape index (κ2) is 4.06. The number of pyridine rings is 1. The minimum atomic E-state index is -0.0233. The molecule has 3 atom stereocenters. The number of carbonyl (C=O) groups excluding carboxylic acids is 1. The summed E-state index contributed by atoms with van der Waals surface area (Å²) in [5, 5.41) is 7.48. The maximum absolute atomic E-state index is 12.1. The van der Waals surface area contributed by atoms with Crippen LogP contribution in [0.4, 0.5) is 0 Å². The van der Waals surface area contributed by atoms with Crippen molar-refractivity contribution in [3.05, 3.63) is 30.2 Å². The summed E-state index contributed by atoms with van der Waals surface area (Å²) in [6, 6.07) is 4.50. The number of aromatic nitrogens is 2. The van der Waals surface area contributed by atoms with Crippen molar-refractivity contribution in [2.45, 2.75) is 38.4 Å². The molecule has 1 aliphatic carbocycles. The van der Waals surface area contributed by atoms with Gasteiger partial charge in [0, 0.05) is 35.0 Å². The van der Waals surface area contributed by atoms with E-state index in [2.05, 4.69) is 27.5 Å². The van der Waals surface area contributed by atoms with Crippen molar-refractivity contribution in [1.29, 1.82) is 0 Å².